The molecule has 20 heavy (non-hydrogen) atoms. The van der Waals surface area contributed by atoms with Crippen LogP contribution in [-0.2, 0) is 9.84 Å². The second-order valence-electron chi connectivity index (χ2n) is 5.31. The van der Waals surface area contributed by atoms with Gasteiger partial charge in [0.2, 0.25) is 0 Å². The largest absolute Gasteiger partial charge is 0.327 e. The standard InChI is InChI=1S/C14H19F2NO2S/c15-11-8-7-10(9-12(11)16)20(18,19)14-6-4-2-1-3-5-13(14)17/h7-9,13-14H,1-6,17H2. The molecule has 0 aliphatic heterocycles. The van der Waals surface area contributed by atoms with E-state index in [1.807, 2.05) is 0 Å². The third kappa shape index (κ3) is 3.17. The van der Waals surface area contributed by atoms with E-state index in [0.717, 1.165) is 43.9 Å². The second-order valence-corrected chi connectivity index (χ2v) is 7.48. The van der Waals surface area contributed by atoms with E-state index in [1.54, 1.807) is 0 Å². The number of hydrogen-bond acceptors (Lipinski definition) is 3. The molecule has 112 valence electrons. The summed E-state index contributed by atoms with van der Waals surface area (Å²) in [6, 6.07) is 2.25. The smallest absolute Gasteiger partial charge is 0.182 e. The minimum absolute atomic E-state index is 0.183. The molecular weight excluding hydrogens is 284 g/mol. The number of benzene rings is 1. The quantitative estimate of drug-likeness (QED) is 0.855. The molecule has 0 spiro atoms. The average molecular weight is 303 g/mol. The van der Waals surface area contributed by atoms with Crippen LogP contribution in [0.3, 0.4) is 0 Å². The highest BCUT2D eigenvalue weighted by atomic mass is 32.2. The van der Waals surface area contributed by atoms with Gasteiger partial charge < -0.3 is 5.73 Å². The van der Waals surface area contributed by atoms with Crippen LogP contribution in [0.4, 0.5) is 8.78 Å². The van der Waals surface area contributed by atoms with E-state index in [0.29, 0.717) is 12.8 Å². The van der Waals surface area contributed by atoms with E-state index >= 15 is 0 Å². The first-order chi connectivity index (χ1) is 9.43. The van der Waals surface area contributed by atoms with Crippen LogP contribution in [0, 0.1) is 11.6 Å². The second kappa shape index (κ2) is 6.18. The van der Waals surface area contributed by atoms with Gasteiger partial charge in [-0.25, -0.2) is 17.2 Å². The average Bonchev–Trinajstić information content (AvgIpc) is 2.37. The molecule has 1 fully saturated rings. The van der Waals surface area contributed by atoms with Gasteiger partial charge in [0.1, 0.15) is 0 Å². The molecule has 1 aromatic carbocycles. The van der Waals surface area contributed by atoms with E-state index < -0.39 is 32.8 Å². The predicted molar refractivity (Wildman–Crippen MR) is 73.0 cm³/mol. The van der Waals surface area contributed by atoms with Gasteiger partial charge in [0.05, 0.1) is 10.1 Å². The maximum atomic E-state index is 13.2. The van der Waals surface area contributed by atoms with Gasteiger partial charge in [0.25, 0.3) is 0 Å². The van der Waals surface area contributed by atoms with Gasteiger partial charge in [-0.2, -0.15) is 0 Å². The summed E-state index contributed by atoms with van der Waals surface area (Å²) in [7, 11) is -3.72. The SMILES string of the molecule is NC1CCCCCCC1S(=O)(=O)c1ccc(F)c(F)c1. The van der Waals surface area contributed by atoms with Crippen molar-refractivity contribution in [2.45, 2.75) is 54.7 Å². The lowest BCUT2D eigenvalue weighted by Crippen LogP contribution is -2.41. The maximum absolute atomic E-state index is 13.2. The van der Waals surface area contributed by atoms with Crippen molar-refractivity contribution in [2.24, 2.45) is 5.73 Å². The van der Waals surface area contributed by atoms with Gasteiger partial charge in [-0.05, 0) is 31.0 Å². The van der Waals surface area contributed by atoms with Gasteiger partial charge in [0.15, 0.2) is 21.5 Å². The number of sulfone groups is 1. The topological polar surface area (TPSA) is 60.2 Å². The zero-order valence-corrected chi connectivity index (χ0v) is 12.0. The van der Waals surface area contributed by atoms with E-state index in [9.17, 15) is 17.2 Å². The van der Waals surface area contributed by atoms with Gasteiger partial charge in [0, 0.05) is 6.04 Å². The first-order valence-electron chi connectivity index (χ1n) is 6.87. The lowest BCUT2D eigenvalue weighted by molar-refractivity contribution is 0.443. The first kappa shape index (κ1) is 15.4. The van der Waals surface area contributed by atoms with Crippen LogP contribution in [0.2, 0.25) is 0 Å². The van der Waals surface area contributed by atoms with Gasteiger partial charge in [-0.1, -0.05) is 25.7 Å². The van der Waals surface area contributed by atoms with Crippen LogP contribution in [-0.4, -0.2) is 19.7 Å². The Balaban J connectivity index is 2.33. The lowest BCUT2D eigenvalue weighted by Gasteiger charge is -2.26. The summed E-state index contributed by atoms with van der Waals surface area (Å²) in [5.74, 6) is -2.20. The highest BCUT2D eigenvalue weighted by Crippen LogP contribution is 2.27. The minimum Gasteiger partial charge on any atom is -0.327 e. The minimum atomic E-state index is -3.72. The van der Waals surface area contributed by atoms with Crippen LogP contribution in [0.1, 0.15) is 38.5 Å². The predicted octanol–water partition coefficient (Wildman–Crippen LogP) is 2.79. The third-order valence-electron chi connectivity index (χ3n) is 3.87. The molecule has 1 aliphatic rings. The van der Waals surface area contributed by atoms with Crippen LogP contribution >= 0.6 is 0 Å². The van der Waals surface area contributed by atoms with Crippen molar-refractivity contribution in [2.75, 3.05) is 0 Å². The van der Waals surface area contributed by atoms with E-state index in [-0.39, 0.29) is 4.90 Å². The molecule has 3 nitrogen and oxygen atoms in total. The molecule has 6 heteroatoms. The van der Waals surface area contributed by atoms with Gasteiger partial charge in [-0.3, -0.25) is 0 Å². The van der Waals surface area contributed by atoms with Crippen LogP contribution in [0.25, 0.3) is 0 Å². The molecule has 0 aromatic heterocycles. The van der Waals surface area contributed by atoms with Crippen molar-refractivity contribution >= 4 is 9.84 Å². The Morgan fingerprint density at radius 2 is 1.65 bits per heavy atom. The highest BCUT2D eigenvalue weighted by molar-refractivity contribution is 7.92. The Labute approximate surface area is 118 Å². The lowest BCUT2D eigenvalue weighted by atomic mass is 9.97. The van der Waals surface area contributed by atoms with Crippen molar-refractivity contribution in [1.29, 1.82) is 0 Å². The number of rotatable bonds is 2. The molecule has 0 heterocycles. The molecule has 0 bridgehead atoms. The molecule has 0 radical (unpaired) electrons. The van der Waals surface area contributed by atoms with Crippen molar-refractivity contribution < 1.29 is 17.2 Å². The molecular formula is C14H19F2NO2S. The zero-order valence-electron chi connectivity index (χ0n) is 11.2. The number of nitrogens with two attached hydrogens (primary N) is 1. The molecule has 1 aromatic rings. The summed E-state index contributed by atoms with van der Waals surface area (Å²) in [4.78, 5) is -0.183. The zero-order chi connectivity index (χ0) is 14.8. The Kier molecular flexibility index (Phi) is 4.75. The van der Waals surface area contributed by atoms with Crippen molar-refractivity contribution in [1.82, 2.24) is 0 Å². The van der Waals surface area contributed by atoms with Gasteiger partial charge >= 0.3 is 0 Å². The van der Waals surface area contributed by atoms with Crippen molar-refractivity contribution in [3.05, 3.63) is 29.8 Å². The van der Waals surface area contributed by atoms with E-state index in [2.05, 4.69) is 0 Å². The number of halogens is 2. The van der Waals surface area contributed by atoms with E-state index in [1.165, 1.54) is 0 Å². The highest BCUT2D eigenvalue weighted by Gasteiger charge is 2.33. The van der Waals surface area contributed by atoms with Crippen LogP contribution < -0.4 is 5.73 Å². The third-order valence-corrected chi connectivity index (χ3v) is 6.17. The van der Waals surface area contributed by atoms with Crippen molar-refractivity contribution in [3.8, 4) is 0 Å². The Morgan fingerprint density at radius 3 is 2.30 bits per heavy atom. The van der Waals surface area contributed by atoms with Crippen LogP contribution in [0.15, 0.2) is 23.1 Å². The maximum Gasteiger partial charge on any atom is 0.182 e. The summed E-state index contributed by atoms with van der Waals surface area (Å²) >= 11 is 0. The molecule has 2 rings (SSSR count). The monoisotopic (exact) mass is 303 g/mol. The van der Waals surface area contributed by atoms with E-state index in [4.69, 9.17) is 5.73 Å². The fraction of sp³-hybridized carbons (Fsp3) is 0.571. The fourth-order valence-electron chi connectivity index (χ4n) is 2.69. The summed E-state index contributed by atoms with van der Waals surface area (Å²) in [6.07, 6.45) is 4.87. The molecule has 0 saturated heterocycles. The molecule has 0 amide bonds. The molecule has 1 aliphatic carbocycles. The van der Waals surface area contributed by atoms with Crippen molar-refractivity contribution in [3.63, 3.8) is 0 Å². The normalized spacial score (nSPS) is 24.9. The first-order valence-corrected chi connectivity index (χ1v) is 8.42. The molecule has 2 N–H and O–H groups in total. The summed E-state index contributed by atoms with van der Waals surface area (Å²) in [5, 5.41) is -0.715. The fourth-order valence-corrected chi connectivity index (χ4v) is 4.64. The summed E-state index contributed by atoms with van der Waals surface area (Å²) < 4.78 is 51.3. The Hall–Kier alpha value is -1.01. The molecule has 2 atom stereocenters. The summed E-state index contributed by atoms with van der Waals surface area (Å²) in [5.41, 5.74) is 5.99. The Bertz CT molecular complexity index is 575. The van der Waals surface area contributed by atoms with Gasteiger partial charge in [-0.15, -0.1) is 0 Å². The Morgan fingerprint density at radius 1 is 1.00 bits per heavy atom. The summed E-state index contributed by atoms with van der Waals surface area (Å²) in [6.45, 7) is 0. The molecule has 1 saturated carbocycles. The van der Waals surface area contributed by atoms with Crippen LogP contribution in [0.5, 0.6) is 0 Å². The number of hydrogen-bond donors (Lipinski definition) is 1. The molecule has 2 unspecified atom stereocenters.